The Bertz CT molecular complexity index is 661. The van der Waals surface area contributed by atoms with E-state index in [9.17, 15) is 9.59 Å². The molecule has 1 aliphatic heterocycles. The van der Waals surface area contributed by atoms with Gasteiger partial charge in [0.25, 0.3) is 5.91 Å². The molecule has 0 bridgehead atoms. The molecule has 7 nitrogen and oxygen atoms in total. The molecule has 0 spiro atoms. The summed E-state index contributed by atoms with van der Waals surface area (Å²) in [5.74, 6) is 0.598. The zero-order valence-corrected chi connectivity index (χ0v) is 16.8. The van der Waals surface area contributed by atoms with Gasteiger partial charge in [-0.05, 0) is 63.4 Å². The lowest BCUT2D eigenvalue weighted by Gasteiger charge is -2.36. The molecule has 154 valence electrons. The number of carbonyl (C=O) groups is 2. The van der Waals surface area contributed by atoms with Crippen LogP contribution in [-0.2, 0) is 14.3 Å². The lowest BCUT2D eigenvalue weighted by atomic mass is 9.78. The predicted octanol–water partition coefficient (Wildman–Crippen LogP) is 1.54. The fourth-order valence-electron chi connectivity index (χ4n) is 3.55. The van der Waals surface area contributed by atoms with Gasteiger partial charge in [-0.3, -0.25) is 9.59 Å². The van der Waals surface area contributed by atoms with Gasteiger partial charge in [-0.2, -0.15) is 0 Å². The molecule has 2 fully saturated rings. The molecule has 0 radical (unpaired) electrons. The van der Waals surface area contributed by atoms with E-state index in [1.165, 1.54) is 0 Å². The SMILES string of the molecule is COCC1(C(=O)NC(C)c2ccc(OCC(=O)NC3CC3)cc2)CCNCC1. The average Bonchev–Trinajstić information content (AvgIpc) is 3.51. The second-order valence-corrected chi connectivity index (χ2v) is 7.86. The molecule has 1 heterocycles. The Balaban J connectivity index is 1.52. The molecule has 1 aliphatic carbocycles. The molecule has 3 N–H and O–H groups in total. The Labute approximate surface area is 166 Å². The largest absolute Gasteiger partial charge is 0.484 e. The molecular weight excluding hydrogens is 358 g/mol. The molecular formula is C21H31N3O4. The molecule has 1 unspecified atom stereocenters. The van der Waals surface area contributed by atoms with Crippen LogP contribution in [0.3, 0.4) is 0 Å². The zero-order chi connectivity index (χ0) is 20.0. The third-order valence-corrected chi connectivity index (χ3v) is 5.50. The second kappa shape index (κ2) is 9.39. The summed E-state index contributed by atoms with van der Waals surface area (Å²) in [7, 11) is 1.64. The number of rotatable bonds is 9. The van der Waals surface area contributed by atoms with Crippen LogP contribution < -0.4 is 20.7 Å². The number of amides is 2. The lowest BCUT2D eigenvalue weighted by Crippen LogP contribution is -2.50. The zero-order valence-electron chi connectivity index (χ0n) is 16.8. The van der Waals surface area contributed by atoms with Crippen LogP contribution in [0, 0.1) is 5.41 Å². The summed E-state index contributed by atoms with van der Waals surface area (Å²) in [5, 5.41) is 9.33. The summed E-state index contributed by atoms with van der Waals surface area (Å²) in [6.07, 6.45) is 3.67. The summed E-state index contributed by atoms with van der Waals surface area (Å²) in [6, 6.07) is 7.72. The molecule has 0 aromatic heterocycles. The van der Waals surface area contributed by atoms with Crippen molar-refractivity contribution >= 4 is 11.8 Å². The van der Waals surface area contributed by atoms with Gasteiger partial charge in [0.05, 0.1) is 18.1 Å². The molecule has 2 amide bonds. The fourth-order valence-corrected chi connectivity index (χ4v) is 3.55. The monoisotopic (exact) mass is 389 g/mol. The first-order valence-corrected chi connectivity index (χ1v) is 10.1. The summed E-state index contributed by atoms with van der Waals surface area (Å²) in [5.41, 5.74) is 0.524. The van der Waals surface area contributed by atoms with Crippen LogP contribution in [0.15, 0.2) is 24.3 Å². The van der Waals surface area contributed by atoms with Gasteiger partial charge in [0.2, 0.25) is 5.91 Å². The van der Waals surface area contributed by atoms with Gasteiger partial charge in [-0.25, -0.2) is 0 Å². The Hall–Kier alpha value is -2.12. The highest BCUT2D eigenvalue weighted by Gasteiger charge is 2.40. The van der Waals surface area contributed by atoms with E-state index in [4.69, 9.17) is 9.47 Å². The summed E-state index contributed by atoms with van der Waals surface area (Å²) >= 11 is 0. The maximum absolute atomic E-state index is 12.9. The third kappa shape index (κ3) is 5.45. The maximum atomic E-state index is 12.9. The Morgan fingerprint density at radius 1 is 1.21 bits per heavy atom. The number of hydrogen-bond acceptors (Lipinski definition) is 5. The van der Waals surface area contributed by atoms with Crippen molar-refractivity contribution in [3.8, 4) is 5.75 Å². The van der Waals surface area contributed by atoms with Crippen LogP contribution >= 0.6 is 0 Å². The molecule has 1 atom stereocenters. The topological polar surface area (TPSA) is 88.7 Å². The van der Waals surface area contributed by atoms with Crippen LogP contribution in [0.2, 0.25) is 0 Å². The quantitative estimate of drug-likeness (QED) is 0.596. The molecule has 7 heteroatoms. The van der Waals surface area contributed by atoms with Gasteiger partial charge in [0, 0.05) is 13.2 Å². The number of piperidine rings is 1. The van der Waals surface area contributed by atoms with Crippen molar-refractivity contribution in [3.05, 3.63) is 29.8 Å². The number of hydrogen-bond donors (Lipinski definition) is 3. The van der Waals surface area contributed by atoms with Crippen molar-refractivity contribution in [2.45, 2.75) is 44.7 Å². The van der Waals surface area contributed by atoms with Gasteiger partial charge in [-0.1, -0.05) is 12.1 Å². The van der Waals surface area contributed by atoms with E-state index in [2.05, 4.69) is 16.0 Å². The Morgan fingerprint density at radius 2 is 1.89 bits per heavy atom. The van der Waals surface area contributed by atoms with Crippen molar-refractivity contribution < 1.29 is 19.1 Å². The molecule has 1 saturated heterocycles. The smallest absolute Gasteiger partial charge is 0.258 e. The van der Waals surface area contributed by atoms with E-state index in [-0.39, 0.29) is 24.5 Å². The lowest BCUT2D eigenvalue weighted by molar-refractivity contribution is -0.137. The van der Waals surface area contributed by atoms with Crippen molar-refractivity contribution in [1.29, 1.82) is 0 Å². The average molecular weight is 389 g/mol. The van der Waals surface area contributed by atoms with Gasteiger partial charge in [-0.15, -0.1) is 0 Å². The first-order chi connectivity index (χ1) is 13.5. The number of nitrogens with one attached hydrogen (secondary N) is 3. The van der Waals surface area contributed by atoms with Gasteiger partial charge >= 0.3 is 0 Å². The van der Waals surface area contributed by atoms with Crippen molar-refractivity contribution in [2.24, 2.45) is 5.41 Å². The highest BCUT2D eigenvalue weighted by molar-refractivity contribution is 5.83. The van der Waals surface area contributed by atoms with Crippen molar-refractivity contribution in [2.75, 3.05) is 33.4 Å². The number of carbonyl (C=O) groups excluding carboxylic acids is 2. The Kier molecular flexibility index (Phi) is 6.91. The summed E-state index contributed by atoms with van der Waals surface area (Å²) in [6.45, 7) is 4.08. The van der Waals surface area contributed by atoms with Crippen molar-refractivity contribution in [3.63, 3.8) is 0 Å². The normalized spacial score (nSPS) is 19.5. The molecule has 2 aliphatic rings. The van der Waals surface area contributed by atoms with Crippen LogP contribution in [0.5, 0.6) is 5.75 Å². The highest BCUT2D eigenvalue weighted by atomic mass is 16.5. The van der Waals surface area contributed by atoms with Crippen molar-refractivity contribution in [1.82, 2.24) is 16.0 Å². The van der Waals surface area contributed by atoms with Crippen LogP contribution in [0.4, 0.5) is 0 Å². The first-order valence-electron chi connectivity index (χ1n) is 10.1. The van der Waals surface area contributed by atoms with E-state index in [1.807, 2.05) is 31.2 Å². The van der Waals surface area contributed by atoms with Crippen LogP contribution in [-0.4, -0.2) is 51.3 Å². The van der Waals surface area contributed by atoms with Crippen LogP contribution in [0.25, 0.3) is 0 Å². The summed E-state index contributed by atoms with van der Waals surface area (Å²) < 4.78 is 10.9. The van der Waals surface area contributed by atoms with Gasteiger partial charge in [0.15, 0.2) is 6.61 Å². The van der Waals surface area contributed by atoms with E-state index in [0.717, 1.165) is 44.3 Å². The standard InChI is InChI=1S/C21H31N3O4/c1-15(23-20(26)21(14-27-2)9-11-22-12-10-21)16-3-7-18(8-4-16)28-13-19(25)24-17-5-6-17/h3-4,7-8,15,17,22H,5-6,9-14H2,1-2H3,(H,23,26)(H,24,25). The van der Waals surface area contributed by atoms with Gasteiger partial charge < -0.3 is 25.4 Å². The molecule has 1 saturated carbocycles. The minimum absolute atomic E-state index is 0.0235. The number of methoxy groups -OCH3 is 1. The molecule has 1 aromatic carbocycles. The first kappa shape index (κ1) is 20.6. The summed E-state index contributed by atoms with van der Waals surface area (Å²) in [4.78, 5) is 24.6. The third-order valence-electron chi connectivity index (χ3n) is 5.50. The van der Waals surface area contributed by atoms with E-state index >= 15 is 0 Å². The predicted molar refractivity (Wildman–Crippen MR) is 106 cm³/mol. The highest BCUT2D eigenvalue weighted by Crippen LogP contribution is 2.30. The Morgan fingerprint density at radius 3 is 2.50 bits per heavy atom. The molecule has 28 heavy (non-hydrogen) atoms. The van der Waals surface area contributed by atoms with E-state index in [0.29, 0.717) is 18.4 Å². The number of ether oxygens (including phenoxy) is 2. The van der Waals surface area contributed by atoms with Crippen LogP contribution in [0.1, 0.15) is 44.2 Å². The molecule has 3 rings (SSSR count). The maximum Gasteiger partial charge on any atom is 0.258 e. The fraction of sp³-hybridized carbons (Fsp3) is 0.619. The second-order valence-electron chi connectivity index (χ2n) is 7.86. The minimum Gasteiger partial charge on any atom is -0.484 e. The van der Waals surface area contributed by atoms with Gasteiger partial charge in [0.1, 0.15) is 5.75 Å². The number of benzene rings is 1. The van der Waals surface area contributed by atoms with E-state index < -0.39 is 5.41 Å². The van der Waals surface area contributed by atoms with E-state index in [1.54, 1.807) is 7.11 Å². The molecule has 1 aromatic rings. The minimum atomic E-state index is -0.466.